The predicted molar refractivity (Wildman–Crippen MR) is 75.1 cm³/mol. The van der Waals surface area contributed by atoms with Gasteiger partial charge in [-0.05, 0) is 36.3 Å². The van der Waals surface area contributed by atoms with Gasteiger partial charge in [-0.2, -0.15) is 10.4 Å². The molecule has 0 bridgehead atoms. The van der Waals surface area contributed by atoms with E-state index >= 15 is 0 Å². The normalized spacial score (nSPS) is 9.80. The highest BCUT2D eigenvalue weighted by molar-refractivity contribution is 6.29. The Morgan fingerprint density at radius 2 is 1.95 bits per heavy atom. The summed E-state index contributed by atoms with van der Waals surface area (Å²) < 4.78 is 1.59. The summed E-state index contributed by atoms with van der Waals surface area (Å²) in [6, 6.07) is 12.6. The van der Waals surface area contributed by atoms with Crippen molar-refractivity contribution in [1.82, 2.24) is 14.6 Å². The minimum atomic E-state index is 0.380. The lowest BCUT2D eigenvalue weighted by atomic mass is 10.1. The van der Waals surface area contributed by atoms with Crippen molar-refractivity contribution in [2.45, 2.75) is 0 Å². The quantitative estimate of drug-likeness (QED) is 0.594. The molecule has 0 aliphatic rings. The van der Waals surface area contributed by atoms with Gasteiger partial charge in [-0.25, -0.2) is 9.50 Å². The van der Waals surface area contributed by atoms with Gasteiger partial charge in [0.1, 0.15) is 10.8 Å². The maximum Gasteiger partial charge on any atom is 0.155 e. The van der Waals surface area contributed by atoms with Crippen LogP contribution in [0, 0.1) is 23.2 Å². The molecule has 0 fully saturated rings. The van der Waals surface area contributed by atoms with Gasteiger partial charge in [-0.3, -0.25) is 0 Å². The number of nitrogens with zero attached hydrogens (tertiary/aromatic N) is 4. The van der Waals surface area contributed by atoms with Gasteiger partial charge in [-0.15, -0.1) is 0 Å². The minimum absolute atomic E-state index is 0.380. The van der Waals surface area contributed by atoms with Crippen LogP contribution in [-0.4, -0.2) is 14.6 Å². The van der Waals surface area contributed by atoms with Crippen molar-refractivity contribution in [3.05, 3.63) is 64.6 Å². The van der Waals surface area contributed by atoms with Crippen LogP contribution in [0.15, 0.2) is 42.6 Å². The molecule has 0 unspecified atom stereocenters. The summed E-state index contributed by atoms with van der Waals surface area (Å²) >= 11 is 5.86. The molecule has 0 spiro atoms. The van der Waals surface area contributed by atoms with Crippen molar-refractivity contribution >= 4 is 17.2 Å². The van der Waals surface area contributed by atoms with Crippen molar-refractivity contribution in [3.8, 4) is 17.9 Å². The van der Waals surface area contributed by atoms with Crippen LogP contribution < -0.4 is 0 Å². The van der Waals surface area contributed by atoms with E-state index in [4.69, 9.17) is 16.9 Å². The van der Waals surface area contributed by atoms with Gasteiger partial charge in [0, 0.05) is 5.56 Å². The Morgan fingerprint density at radius 1 is 1.10 bits per heavy atom. The lowest BCUT2D eigenvalue weighted by molar-refractivity contribution is 0.924. The van der Waals surface area contributed by atoms with Crippen LogP contribution in [0.25, 0.3) is 5.65 Å². The molecule has 20 heavy (non-hydrogen) atoms. The molecule has 0 amide bonds. The highest BCUT2D eigenvalue weighted by Gasteiger charge is 2.02. The molecular weight excluding hydrogens is 272 g/mol. The van der Waals surface area contributed by atoms with Crippen LogP contribution in [-0.2, 0) is 0 Å². The molecule has 2 heterocycles. The molecule has 0 aliphatic heterocycles. The first-order chi connectivity index (χ1) is 9.76. The standard InChI is InChI=1S/C15H7ClN4/c16-14-6-7-15-18-10-13(20(15)19-14)5-4-11-2-1-3-12(8-11)9-17/h1-3,6-8,10H. The van der Waals surface area contributed by atoms with Crippen LogP contribution in [0.4, 0.5) is 0 Å². The summed E-state index contributed by atoms with van der Waals surface area (Å²) in [6.07, 6.45) is 1.64. The fourth-order valence-electron chi connectivity index (χ4n) is 1.74. The molecule has 0 saturated carbocycles. The van der Waals surface area contributed by atoms with Gasteiger partial charge >= 0.3 is 0 Å². The van der Waals surface area contributed by atoms with E-state index in [-0.39, 0.29) is 0 Å². The number of fused-ring (bicyclic) bond motifs is 1. The molecule has 5 heteroatoms. The van der Waals surface area contributed by atoms with E-state index in [1.165, 1.54) is 0 Å². The maximum atomic E-state index is 8.85. The molecule has 0 aliphatic carbocycles. The van der Waals surface area contributed by atoms with Crippen molar-refractivity contribution in [1.29, 1.82) is 5.26 Å². The zero-order valence-electron chi connectivity index (χ0n) is 10.2. The summed E-state index contributed by atoms with van der Waals surface area (Å²) in [7, 11) is 0. The van der Waals surface area contributed by atoms with Gasteiger partial charge in [0.2, 0.25) is 0 Å². The van der Waals surface area contributed by atoms with Crippen LogP contribution in [0.5, 0.6) is 0 Å². The van der Waals surface area contributed by atoms with Crippen molar-refractivity contribution in [3.63, 3.8) is 0 Å². The molecule has 2 aromatic heterocycles. The number of benzene rings is 1. The third-order valence-corrected chi connectivity index (χ3v) is 2.86. The third kappa shape index (κ3) is 2.33. The number of imidazole rings is 1. The average molecular weight is 279 g/mol. The summed E-state index contributed by atoms with van der Waals surface area (Å²) in [4.78, 5) is 4.19. The molecule has 0 atom stereocenters. The highest BCUT2D eigenvalue weighted by Crippen LogP contribution is 2.09. The Kier molecular flexibility index (Phi) is 3.09. The van der Waals surface area contributed by atoms with E-state index in [2.05, 4.69) is 28.0 Å². The molecule has 0 saturated heterocycles. The monoisotopic (exact) mass is 278 g/mol. The summed E-state index contributed by atoms with van der Waals surface area (Å²) in [5.41, 5.74) is 2.67. The third-order valence-electron chi connectivity index (χ3n) is 2.66. The molecule has 0 N–H and O–H groups in total. The Hall–Kier alpha value is -2.82. The smallest absolute Gasteiger partial charge is 0.155 e. The first kappa shape index (κ1) is 12.2. The van der Waals surface area contributed by atoms with Crippen molar-refractivity contribution in [2.75, 3.05) is 0 Å². The van der Waals surface area contributed by atoms with E-state index in [1.807, 2.05) is 6.07 Å². The zero-order valence-corrected chi connectivity index (χ0v) is 11.0. The van der Waals surface area contributed by atoms with Crippen LogP contribution in [0.1, 0.15) is 16.8 Å². The molecule has 3 rings (SSSR count). The van der Waals surface area contributed by atoms with Crippen molar-refractivity contribution < 1.29 is 0 Å². The Morgan fingerprint density at radius 3 is 2.80 bits per heavy atom. The number of nitriles is 1. The van der Waals surface area contributed by atoms with E-state index in [9.17, 15) is 0 Å². The highest BCUT2D eigenvalue weighted by atomic mass is 35.5. The SMILES string of the molecule is N#Cc1cccc(C#Cc2cnc3ccc(Cl)nn23)c1. The van der Waals surface area contributed by atoms with E-state index < -0.39 is 0 Å². The minimum Gasteiger partial charge on any atom is -0.234 e. The number of hydrogen-bond donors (Lipinski definition) is 0. The largest absolute Gasteiger partial charge is 0.234 e. The first-order valence-electron chi connectivity index (χ1n) is 5.79. The first-order valence-corrected chi connectivity index (χ1v) is 6.16. The van der Waals surface area contributed by atoms with Gasteiger partial charge in [0.25, 0.3) is 0 Å². The van der Waals surface area contributed by atoms with Gasteiger partial charge in [-0.1, -0.05) is 23.6 Å². The maximum absolute atomic E-state index is 8.85. The molecule has 1 aromatic carbocycles. The van der Waals surface area contributed by atoms with Gasteiger partial charge < -0.3 is 0 Å². The van der Waals surface area contributed by atoms with Crippen LogP contribution >= 0.6 is 11.6 Å². The Balaban J connectivity index is 2.04. The fourth-order valence-corrected chi connectivity index (χ4v) is 1.88. The zero-order chi connectivity index (χ0) is 13.9. The second-order valence-electron chi connectivity index (χ2n) is 4.01. The molecule has 0 radical (unpaired) electrons. The van der Waals surface area contributed by atoms with E-state index in [0.717, 1.165) is 5.56 Å². The second kappa shape index (κ2) is 5.05. The lowest BCUT2D eigenvalue weighted by Crippen LogP contribution is -1.94. The van der Waals surface area contributed by atoms with Crippen LogP contribution in [0.3, 0.4) is 0 Å². The average Bonchev–Trinajstić information content (AvgIpc) is 2.87. The number of rotatable bonds is 0. The number of halogens is 1. The molecular formula is C15H7ClN4. The topological polar surface area (TPSA) is 54.0 Å². The Labute approximate surface area is 120 Å². The van der Waals surface area contributed by atoms with E-state index in [0.29, 0.717) is 22.1 Å². The fraction of sp³-hybridized carbons (Fsp3) is 0. The molecule has 4 nitrogen and oxygen atoms in total. The second-order valence-corrected chi connectivity index (χ2v) is 4.40. The molecule has 3 aromatic rings. The van der Waals surface area contributed by atoms with E-state index in [1.54, 1.807) is 41.0 Å². The van der Waals surface area contributed by atoms with Crippen LogP contribution in [0.2, 0.25) is 5.15 Å². The van der Waals surface area contributed by atoms with Gasteiger partial charge in [0.05, 0.1) is 17.8 Å². The Bertz CT molecular complexity index is 893. The summed E-state index contributed by atoms with van der Waals surface area (Å²) in [5.74, 6) is 5.97. The van der Waals surface area contributed by atoms with Crippen molar-refractivity contribution in [2.24, 2.45) is 0 Å². The lowest BCUT2D eigenvalue weighted by Gasteiger charge is -1.94. The number of hydrogen-bond acceptors (Lipinski definition) is 3. The molecule has 94 valence electrons. The summed E-state index contributed by atoms with van der Waals surface area (Å²) in [5, 5.41) is 13.4. The predicted octanol–water partition coefficient (Wildman–Crippen LogP) is 2.65. The summed E-state index contributed by atoms with van der Waals surface area (Å²) in [6.45, 7) is 0. The number of aromatic nitrogens is 3. The van der Waals surface area contributed by atoms with Gasteiger partial charge in [0.15, 0.2) is 5.65 Å².